The number of para-hydroxylation sites is 1. The third kappa shape index (κ3) is 4.85. The van der Waals surface area contributed by atoms with Crippen molar-refractivity contribution in [3.05, 3.63) is 66.4 Å². The van der Waals surface area contributed by atoms with Crippen LogP contribution in [0.2, 0.25) is 0 Å². The van der Waals surface area contributed by atoms with E-state index in [1.54, 1.807) is 25.1 Å². The number of nitrogens with one attached hydrogen (secondary N) is 1. The molecular weight excluding hydrogens is 518 g/mol. The van der Waals surface area contributed by atoms with Gasteiger partial charge in [0.15, 0.2) is 0 Å². The summed E-state index contributed by atoms with van der Waals surface area (Å²) < 4.78 is 21.3. The van der Waals surface area contributed by atoms with Crippen molar-refractivity contribution in [1.82, 2.24) is 10.2 Å². The fourth-order valence-electron chi connectivity index (χ4n) is 6.26. The lowest BCUT2D eigenvalue weighted by Gasteiger charge is -2.41. The van der Waals surface area contributed by atoms with Crippen molar-refractivity contribution >= 4 is 29.8 Å². The monoisotopic (exact) mass is 553 g/mol. The lowest BCUT2D eigenvalue weighted by atomic mass is 9.64. The lowest BCUT2D eigenvalue weighted by molar-refractivity contribution is -0.143. The average molecular weight is 554 g/mol. The normalized spacial score (nSPS) is 26.9. The number of hydrogen-bond donors (Lipinski definition) is 1. The van der Waals surface area contributed by atoms with Gasteiger partial charge in [-0.05, 0) is 24.1 Å². The molecule has 214 valence electrons. The Morgan fingerprint density at radius 2 is 1.95 bits per heavy atom. The second-order valence-corrected chi connectivity index (χ2v) is 9.84. The maximum Gasteiger partial charge on any atom is 0.411 e. The van der Waals surface area contributed by atoms with E-state index in [9.17, 15) is 19.2 Å². The van der Waals surface area contributed by atoms with E-state index in [4.69, 9.17) is 18.9 Å². The first-order valence-corrected chi connectivity index (χ1v) is 13.1. The Balaban J connectivity index is 1.92. The Bertz CT molecular complexity index is 1240. The molecule has 1 aliphatic heterocycles. The van der Waals surface area contributed by atoms with Crippen LogP contribution >= 0.6 is 0 Å². The Kier molecular flexibility index (Phi) is 8.63. The minimum atomic E-state index is -1.24. The first-order chi connectivity index (χ1) is 19.2. The molecule has 2 aliphatic carbocycles. The van der Waals surface area contributed by atoms with Crippen molar-refractivity contribution in [2.24, 2.45) is 17.8 Å². The molecule has 11 nitrogen and oxygen atoms in total. The third-order valence-electron chi connectivity index (χ3n) is 7.71. The van der Waals surface area contributed by atoms with Crippen LogP contribution in [0.15, 0.2) is 60.8 Å². The highest BCUT2D eigenvalue weighted by Crippen LogP contribution is 2.60. The Hall–Kier alpha value is -4.12. The number of ether oxygens (including phenoxy) is 4. The number of nitrogens with zero attached hydrogens (tertiary/aromatic N) is 2. The van der Waals surface area contributed by atoms with Gasteiger partial charge in [0.2, 0.25) is 5.91 Å². The van der Waals surface area contributed by atoms with Gasteiger partial charge in [-0.1, -0.05) is 43.0 Å². The minimum Gasteiger partial charge on any atom is -0.465 e. The van der Waals surface area contributed by atoms with Gasteiger partial charge >= 0.3 is 18.2 Å². The smallest absolute Gasteiger partial charge is 0.411 e. The van der Waals surface area contributed by atoms with E-state index in [2.05, 4.69) is 11.9 Å². The number of esters is 1. The standard InChI is InChI=1S/C29H35N3O8/c1-6-14-39-28(36)31(4)25-21(16-40-18(3)33)19-12-13-29(24(25)20(19)15-30-27(35)38-7-2)22-10-8-9-11-23(22)32(17-37-5)26(29)34/h6,8-13,15,19,21,24-25H,1,7,14,16-17H2,2-5H3,(H,30,35)/b20-15-/t19-,21-,24+,25+,29+/m0/s1. The molecule has 1 N–H and O–H groups in total. The van der Waals surface area contributed by atoms with Crippen LogP contribution in [0, 0.1) is 17.8 Å². The molecule has 2 bridgehead atoms. The molecule has 0 aromatic heterocycles. The molecule has 11 heteroatoms. The molecule has 0 unspecified atom stereocenters. The summed E-state index contributed by atoms with van der Waals surface area (Å²) >= 11 is 0. The van der Waals surface area contributed by atoms with Gasteiger partial charge in [0.1, 0.15) is 18.8 Å². The minimum absolute atomic E-state index is 0.00150. The number of fused-ring (bicyclic) bond motifs is 5. The zero-order chi connectivity index (χ0) is 29.0. The summed E-state index contributed by atoms with van der Waals surface area (Å²) in [6, 6.07) is 6.77. The maximum absolute atomic E-state index is 14.4. The van der Waals surface area contributed by atoms with E-state index in [1.807, 2.05) is 36.4 Å². The summed E-state index contributed by atoms with van der Waals surface area (Å²) in [5.74, 6) is -2.17. The molecule has 3 aliphatic rings. The zero-order valence-electron chi connectivity index (χ0n) is 23.1. The van der Waals surface area contributed by atoms with E-state index < -0.39 is 41.4 Å². The summed E-state index contributed by atoms with van der Waals surface area (Å²) in [6.07, 6.45) is 5.53. The highest BCUT2D eigenvalue weighted by atomic mass is 16.6. The number of methoxy groups -OCH3 is 1. The highest BCUT2D eigenvalue weighted by Gasteiger charge is 2.65. The fourth-order valence-corrected chi connectivity index (χ4v) is 6.26. The number of hydrogen-bond acceptors (Lipinski definition) is 8. The Morgan fingerprint density at radius 1 is 1.20 bits per heavy atom. The van der Waals surface area contributed by atoms with E-state index >= 15 is 0 Å². The van der Waals surface area contributed by atoms with Crippen LogP contribution in [0.4, 0.5) is 15.3 Å². The number of rotatable bonds is 9. The number of carbonyl (C=O) groups is 4. The van der Waals surface area contributed by atoms with Crippen molar-refractivity contribution in [3.63, 3.8) is 0 Å². The van der Waals surface area contributed by atoms with Crippen LogP contribution in [-0.4, -0.2) is 75.7 Å². The molecule has 1 saturated carbocycles. The summed E-state index contributed by atoms with van der Waals surface area (Å²) in [7, 11) is 3.11. The molecule has 0 saturated heterocycles. The summed E-state index contributed by atoms with van der Waals surface area (Å²) in [5, 5.41) is 2.68. The molecule has 1 fully saturated rings. The maximum atomic E-state index is 14.4. The van der Waals surface area contributed by atoms with Crippen LogP contribution in [-0.2, 0) is 34.0 Å². The molecule has 0 radical (unpaired) electrons. The van der Waals surface area contributed by atoms with E-state index in [0.717, 1.165) is 5.56 Å². The van der Waals surface area contributed by atoms with Crippen LogP contribution in [0.1, 0.15) is 19.4 Å². The van der Waals surface area contributed by atoms with Gasteiger partial charge in [-0.3, -0.25) is 19.8 Å². The van der Waals surface area contributed by atoms with E-state index in [0.29, 0.717) is 11.3 Å². The molecular formula is C29H35N3O8. The SMILES string of the molecule is C=CCOC(=O)N(C)[C@@H]1[C@@H](COC(C)=O)[C@H]2C=C[C@]3(C(=O)N(COC)c4ccccc43)[C@@H]1/C2=C\NC(=O)OCC. The van der Waals surface area contributed by atoms with Crippen molar-refractivity contribution in [2.45, 2.75) is 25.3 Å². The number of anilines is 1. The van der Waals surface area contributed by atoms with Crippen LogP contribution in [0.3, 0.4) is 0 Å². The number of carbonyl (C=O) groups excluding carboxylic acids is 4. The third-order valence-corrected chi connectivity index (χ3v) is 7.71. The van der Waals surface area contributed by atoms with Gasteiger partial charge in [0.25, 0.3) is 0 Å². The predicted octanol–water partition coefficient (Wildman–Crippen LogP) is 3.12. The lowest BCUT2D eigenvalue weighted by Crippen LogP contribution is -2.54. The summed E-state index contributed by atoms with van der Waals surface area (Å²) in [6.45, 7) is 6.80. The van der Waals surface area contributed by atoms with E-state index in [-0.39, 0.29) is 38.4 Å². The average Bonchev–Trinajstić information content (AvgIpc) is 3.30. The first kappa shape index (κ1) is 28.9. The van der Waals surface area contributed by atoms with E-state index in [1.165, 1.54) is 25.0 Å². The van der Waals surface area contributed by atoms with Gasteiger partial charge in [0, 0.05) is 51.1 Å². The quantitative estimate of drug-likeness (QED) is 0.281. The second kappa shape index (κ2) is 12.0. The van der Waals surface area contributed by atoms with Crippen molar-refractivity contribution < 1.29 is 38.1 Å². The highest BCUT2D eigenvalue weighted by molar-refractivity contribution is 6.10. The van der Waals surface area contributed by atoms with Crippen LogP contribution in [0.25, 0.3) is 0 Å². The number of allylic oxidation sites excluding steroid dienone is 1. The second-order valence-electron chi connectivity index (χ2n) is 9.84. The Morgan fingerprint density at radius 3 is 2.62 bits per heavy atom. The number of amides is 3. The van der Waals surface area contributed by atoms with Gasteiger partial charge in [-0.15, -0.1) is 0 Å². The van der Waals surface area contributed by atoms with Gasteiger partial charge in [-0.25, -0.2) is 9.59 Å². The molecule has 1 heterocycles. The molecule has 1 aromatic rings. The van der Waals surface area contributed by atoms with Gasteiger partial charge < -0.3 is 23.8 Å². The van der Waals surface area contributed by atoms with Crippen molar-refractivity contribution in [3.8, 4) is 0 Å². The van der Waals surface area contributed by atoms with Crippen LogP contribution in [0.5, 0.6) is 0 Å². The summed E-state index contributed by atoms with van der Waals surface area (Å²) in [5.41, 5.74) is 0.888. The number of benzene rings is 1. The molecule has 3 amide bonds. The largest absolute Gasteiger partial charge is 0.465 e. The van der Waals surface area contributed by atoms with Crippen LogP contribution < -0.4 is 10.2 Å². The number of alkyl carbamates (subject to hydrolysis) is 1. The van der Waals surface area contributed by atoms with Gasteiger partial charge in [0.05, 0.1) is 18.9 Å². The molecule has 4 rings (SSSR count). The fraction of sp³-hybridized carbons (Fsp3) is 0.448. The molecule has 1 spiro atoms. The zero-order valence-corrected chi connectivity index (χ0v) is 23.1. The molecule has 5 atom stereocenters. The van der Waals surface area contributed by atoms with Crippen molar-refractivity contribution in [1.29, 1.82) is 0 Å². The molecule has 1 aromatic carbocycles. The summed E-state index contributed by atoms with van der Waals surface area (Å²) in [4.78, 5) is 54.8. The topological polar surface area (TPSA) is 124 Å². The van der Waals surface area contributed by atoms with Crippen molar-refractivity contribution in [2.75, 3.05) is 45.6 Å². The first-order valence-electron chi connectivity index (χ1n) is 13.1. The molecule has 40 heavy (non-hydrogen) atoms. The van der Waals surface area contributed by atoms with Gasteiger partial charge in [-0.2, -0.15) is 0 Å². The Labute approximate surface area is 233 Å². The predicted molar refractivity (Wildman–Crippen MR) is 145 cm³/mol.